The molecular weight excluding hydrogens is 366 g/mol. The van der Waals surface area contributed by atoms with E-state index in [2.05, 4.69) is 0 Å². The lowest BCUT2D eigenvalue weighted by atomic mass is 9.89. The van der Waals surface area contributed by atoms with Gasteiger partial charge in [0, 0.05) is 12.0 Å². The van der Waals surface area contributed by atoms with Crippen LogP contribution in [0.1, 0.15) is 47.1 Å². The Morgan fingerprint density at radius 3 is 2.45 bits per heavy atom. The van der Waals surface area contributed by atoms with Gasteiger partial charge in [-0.3, -0.25) is 4.79 Å². The summed E-state index contributed by atoms with van der Waals surface area (Å²) in [6.45, 7) is 12.1. The fourth-order valence-electron chi connectivity index (χ4n) is 3.85. The predicted molar refractivity (Wildman–Crippen MR) is 114 cm³/mol. The summed E-state index contributed by atoms with van der Waals surface area (Å²) in [6, 6.07) is 9.66. The van der Waals surface area contributed by atoms with Gasteiger partial charge in [0.1, 0.15) is 5.60 Å². The Hall–Kier alpha value is -2.40. The van der Waals surface area contributed by atoms with E-state index in [0.29, 0.717) is 6.61 Å². The third kappa shape index (κ3) is 5.80. The van der Waals surface area contributed by atoms with Gasteiger partial charge in [0.05, 0.1) is 18.8 Å². The lowest BCUT2D eigenvalue weighted by Gasteiger charge is -2.30. The van der Waals surface area contributed by atoms with E-state index >= 15 is 0 Å². The normalized spacial score (nSPS) is 21.1. The zero-order valence-electron chi connectivity index (χ0n) is 18.3. The minimum absolute atomic E-state index is 0.0389. The number of carbonyl (C=O) groups is 2. The van der Waals surface area contributed by atoms with Gasteiger partial charge in [-0.15, -0.1) is 0 Å². The molecule has 29 heavy (non-hydrogen) atoms. The summed E-state index contributed by atoms with van der Waals surface area (Å²) < 4.78 is 11.5. The molecule has 1 aromatic carbocycles. The largest absolute Gasteiger partial charge is 0.441 e. The van der Waals surface area contributed by atoms with Gasteiger partial charge < -0.3 is 9.47 Å². The Labute approximate surface area is 174 Å². The number of ether oxygens (including phenoxy) is 2. The molecule has 2 amide bonds. The number of cyclic esters (lactones) is 1. The van der Waals surface area contributed by atoms with Crippen LogP contribution in [0.5, 0.6) is 0 Å². The Bertz CT molecular complexity index is 751. The molecule has 0 N–H and O–H groups in total. The molecule has 0 spiro atoms. The number of hydrogen-bond acceptors (Lipinski definition) is 4. The summed E-state index contributed by atoms with van der Waals surface area (Å²) >= 11 is 0. The number of hydrogen-bond donors (Lipinski definition) is 0. The lowest BCUT2D eigenvalue weighted by Crippen LogP contribution is -2.47. The fourth-order valence-corrected chi connectivity index (χ4v) is 3.85. The number of allylic oxidation sites excluding steroid dienone is 1. The second kappa shape index (κ2) is 9.88. The Balaban J connectivity index is 2.07. The smallest absolute Gasteiger partial charge is 0.417 e. The SMILES string of the molecule is C/C=C/[C@H](OCc1ccccc1)[C@@H](C)/C=C/C(=O)N1C(=O)OC(C)(C)[C@@H]1C(C)C. The van der Waals surface area contributed by atoms with Gasteiger partial charge in [-0.05, 0) is 32.3 Å². The van der Waals surface area contributed by atoms with Crippen LogP contribution in [-0.2, 0) is 20.9 Å². The molecule has 0 bridgehead atoms. The zero-order valence-corrected chi connectivity index (χ0v) is 18.3. The number of amides is 2. The van der Waals surface area contributed by atoms with Crippen LogP contribution in [0.15, 0.2) is 54.6 Å². The first-order valence-corrected chi connectivity index (χ1v) is 10.2. The quantitative estimate of drug-likeness (QED) is 0.450. The minimum Gasteiger partial charge on any atom is -0.441 e. The summed E-state index contributed by atoms with van der Waals surface area (Å²) in [7, 11) is 0. The first-order chi connectivity index (χ1) is 13.7. The van der Waals surface area contributed by atoms with E-state index in [1.807, 2.05) is 84.0 Å². The van der Waals surface area contributed by atoms with Crippen molar-refractivity contribution in [1.82, 2.24) is 4.90 Å². The summed E-state index contributed by atoms with van der Waals surface area (Å²) in [5, 5.41) is 0. The third-order valence-corrected chi connectivity index (χ3v) is 5.13. The molecule has 1 aliphatic rings. The number of benzene rings is 1. The topological polar surface area (TPSA) is 55.8 Å². The highest BCUT2D eigenvalue weighted by molar-refractivity contribution is 6.00. The standard InChI is InChI=1S/C24H33NO4/c1-7-11-20(28-16-19-12-9-8-10-13-19)18(4)14-15-21(26)25-22(17(2)3)24(5,6)29-23(25)27/h7-15,17-18,20,22H,16H2,1-6H3/b11-7+,15-14+/t18-,20-,22-/m0/s1. The first-order valence-electron chi connectivity index (χ1n) is 10.2. The van der Waals surface area contributed by atoms with Crippen molar-refractivity contribution in [2.45, 2.75) is 65.9 Å². The second-order valence-electron chi connectivity index (χ2n) is 8.37. The molecule has 0 aromatic heterocycles. The van der Waals surface area contributed by atoms with Gasteiger partial charge in [-0.1, -0.05) is 69.3 Å². The van der Waals surface area contributed by atoms with Gasteiger partial charge in [0.15, 0.2) is 0 Å². The summed E-state index contributed by atoms with van der Waals surface area (Å²) in [5.74, 6) is -0.299. The number of imide groups is 1. The number of carbonyl (C=O) groups excluding carboxylic acids is 2. The second-order valence-corrected chi connectivity index (χ2v) is 8.37. The molecule has 1 fully saturated rings. The van der Waals surface area contributed by atoms with Crippen LogP contribution >= 0.6 is 0 Å². The molecule has 0 aliphatic carbocycles. The van der Waals surface area contributed by atoms with Gasteiger partial charge >= 0.3 is 6.09 Å². The molecule has 3 atom stereocenters. The van der Waals surface area contributed by atoms with Crippen molar-refractivity contribution in [2.24, 2.45) is 11.8 Å². The maximum Gasteiger partial charge on any atom is 0.417 e. The van der Waals surface area contributed by atoms with Crippen LogP contribution in [0.4, 0.5) is 4.79 Å². The molecular formula is C24H33NO4. The van der Waals surface area contributed by atoms with Crippen LogP contribution < -0.4 is 0 Å². The molecule has 1 heterocycles. The molecule has 1 aromatic rings. The summed E-state index contributed by atoms with van der Waals surface area (Å²) in [5.41, 5.74) is 0.392. The monoisotopic (exact) mass is 399 g/mol. The molecule has 0 radical (unpaired) electrons. The van der Waals surface area contributed by atoms with Crippen LogP contribution in [-0.4, -0.2) is 34.6 Å². The maximum absolute atomic E-state index is 12.8. The highest BCUT2D eigenvalue weighted by atomic mass is 16.6. The van der Waals surface area contributed by atoms with Crippen molar-refractivity contribution in [1.29, 1.82) is 0 Å². The average Bonchev–Trinajstić information content (AvgIpc) is 2.92. The van der Waals surface area contributed by atoms with E-state index in [-0.39, 0.29) is 29.9 Å². The first kappa shape index (κ1) is 22.9. The number of rotatable bonds is 8. The Morgan fingerprint density at radius 2 is 1.86 bits per heavy atom. The highest BCUT2D eigenvalue weighted by Gasteiger charge is 2.51. The van der Waals surface area contributed by atoms with Crippen LogP contribution in [0.3, 0.4) is 0 Å². The molecule has 2 rings (SSSR count). The molecule has 1 aliphatic heterocycles. The van der Waals surface area contributed by atoms with Crippen molar-refractivity contribution in [3.63, 3.8) is 0 Å². The van der Waals surface area contributed by atoms with Crippen molar-refractivity contribution in [3.8, 4) is 0 Å². The maximum atomic E-state index is 12.8. The summed E-state index contributed by atoms with van der Waals surface area (Å²) in [6.07, 6.45) is 6.43. The van der Waals surface area contributed by atoms with Gasteiger partial charge in [-0.2, -0.15) is 0 Å². The van der Waals surface area contributed by atoms with Crippen molar-refractivity contribution >= 4 is 12.0 Å². The van der Waals surface area contributed by atoms with Crippen LogP contribution in [0.25, 0.3) is 0 Å². The predicted octanol–water partition coefficient (Wildman–Crippen LogP) is 5.12. The molecule has 1 saturated heterocycles. The van der Waals surface area contributed by atoms with Gasteiger partial charge in [-0.25, -0.2) is 9.69 Å². The van der Waals surface area contributed by atoms with E-state index in [4.69, 9.17) is 9.47 Å². The molecule has 158 valence electrons. The molecule has 0 unspecified atom stereocenters. The van der Waals surface area contributed by atoms with Gasteiger partial charge in [0.25, 0.3) is 5.91 Å². The lowest BCUT2D eigenvalue weighted by molar-refractivity contribution is -0.125. The molecule has 5 heteroatoms. The van der Waals surface area contributed by atoms with E-state index in [9.17, 15) is 9.59 Å². The molecule has 5 nitrogen and oxygen atoms in total. The highest BCUT2D eigenvalue weighted by Crippen LogP contribution is 2.34. The van der Waals surface area contributed by atoms with E-state index in [0.717, 1.165) is 5.56 Å². The summed E-state index contributed by atoms with van der Waals surface area (Å²) in [4.78, 5) is 26.3. The number of nitrogens with zero attached hydrogens (tertiary/aromatic N) is 1. The minimum atomic E-state index is -0.702. The van der Waals surface area contributed by atoms with Crippen molar-refractivity contribution < 1.29 is 19.1 Å². The Morgan fingerprint density at radius 1 is 1.21 bits per heavy atom. The van der Waals surface area contributed by atoms with Gasteiger partial charge in [0.2, 0.25) is 0 Å². The van der Waals surface area contributed by atoms with Crippen LogP contribution in [0, 0.1) is 11.8 Å². The third-order valence-electron chi connectivity index (χ3n) is 5.13. The zero-order chi connectivity index (χ0) is 21.6. The van der Waals surface area contributed by atoms with Crippen molar-refractivity contribution in [3.05, 3.63) is 60.2 Å². The van der Waals surface area contributed by atoms with Crippen LogP contribution in [0.2, 0.25) is 0 Å². The Kier molecular flexibility index (Phi) is 7.80. The molecule has 0 saturated carbocycles. The van der Waals surface area contributed by atoms with E-state index < -0.39 is 11.7 Å². The van der Waals surface area contributed by atoms with Crippen molar-refractivity contribution in [2.75, 3.05) is 0 Å². The average molecular weight is 400 g/mol. The van der Waals surface area contributed by atoms with E-state index in [1.54, 1.807) is 6.08 Å². The fraction of sp³-hybridized carbons (Fsp3) is 0.500. The van der Waals surface area contributed by atoms with E-state index in [1.165, 1.54) is 11.0 Å².